The van der Waals surface area contributed by atoms with Crippen LogP contribution < -0.4 is 15.8 Å². The molecule has 2 aromatic rings. The normalized spacial score (nSPS) is 20.2. The second-order valence-corrected chi connectivity index (χ2v) is 9.60. The molecule has 0 unspecified atom stereocenters. The SMILES string of the molecule is CC(C)C1(NC(=O)N2CC3(CCn4nc(-c5cnc(N)c(OC(F)F)c5)cc43)C2)CCC1. The van der Waals surface area contributed by atoms with Gasteiger partial charge in [-0.2, -0.15) is 13.9 Å². The van der Waals surface area contributed by atoms with Crippen LogP contribution in [0.1, 0.15) is 45.2 Å². The Balaban J connectivity index is 1.31. The summed E-state index contributed by atoms with van der Waals surface area (Å²) in [6.07, 6.45) is 5.67. The number of carbonyl (C=O) groups is 1. The van der Waals surface area contributed by atoms with E-state index in [1.54, 1.807) is 0 Å². The first-order chi connectivity index (χ1) is 15.2. The van der Waals surface area contributed by atoms with Gasteiger partial charge in [-0.3, -0.25) is 4.68 Å². The summed E-state index contributed by atoms with van der Waals surface area (Å²) in [5.41, 5.74) is 7.71. The Morgan fingerprint density at radius 2 is 2.00 bits per heavy atom. The molecule has 10 heteroatoms. The second kappa shape index (κ2) is 7.31. The third-order valence-electron chi connectivity index (χ3n) is 7.50. The Morgan fingerprint density at radius 1 is 1.25 bits per heavy atom. The van der Waals surface area contributed by atoms with E-state index in [2.05, 4.69) is 34.0 Å². The molecule has 1 saturated carbocycles. The maximum atomic E-state index is 12.9. The fourth-order valence-electron chi connectivity index (χ4n) is 5.23. The fourth-order valence-corrected chi connectivity index (χ4v) is 5.23. The van der Waals surface area contributed by atoms with Crippen LogP contribution in [0.3, 0.4) is 0 Å². The minimum absolute atomic E-state index is 0.0127. The predicted molar refractivity (Wildman–Crippen MR) is 114 cm³/mol. The van der Waals surface area contributed by atoms with Crippen molar-refractivity contribution in [2.24, 2.45) is 5.92 Å². The van der Waals surface area contributed by atoms with Crippen LogP contribution in [0.5, 0.6) is 5.75 Å². The third kappa shape index (κ3) is 3.27. The molecule has 2 aromatic heterocycles. The van der Waals surface area contributed by atoms with Crippen molar-refractivity contribution in [3.8, 4) is 17.0 Å². The van der Waals surface area contributed by atoms with Crippen molar-refractivity contribution in [2.45, 2.75) is 63.6 Å². The van der Waals surface area contributed by atoms with E-state index >= 15 is 0 Å². The zero-order valence-corrected chi connectivity index (χ0v) is 18.3. The molecule has 0 atom stereocenters. The number of nitrogens with one attached hydrogen (secondary N) is 1. The minimum Gasteiger partial charge on any atom is -0.431 e. The number of aryl methyl sites for hydroxylation is 1. The van der Waals surface area contributed by atoms with Gasteiger partial charge in [0.2, 0.25) is 0 Å². The summed E-state index contributed by atoms with van der Waals surface area (Å²) >= 11 is 0. The van der Waals surface area contributed by atoms with Gasteiger partial charge < -0.3 is 20.7 Å². The smallest absolute Gasteiger partial charge is 0.387 e. The summed E-state index contributed by atoms with van der Waals surface area (Å²) in [6, 6.07) is 3.41. The van der Waals surface area contributed by atoms with E-state index in [-0.39, 0.29) is 28.6 Å². The van der Waals surface area contributed by atoms with E-state index < -0.39 is 6.61 Å². The van der Waals surface area contributed by atoms with E-state index in [0.717, 1.165) is 37.9 Å². The average molecular weight is 447 g/mol. The number of aromatic nitrogens is 3. The van der Waals surface area contributed by atoms with Crippen molar-refractivity contribution in [3.63, 3.8) is 0 Å². The lowest BCUT2D eigenvalue weighted by Gasteiger charge is -2.51. The molecule has 0 bridgehead atoms. The monoisotopic (exact) mass is 446 g/mol. The highest BCUT2D eigenvalue weighted by Gasteiger charge is 2.52. The number of urea groups is 1. The molecule has 1 spiro atoms. The minimum atomic E-state index is -2.98. The van der Waals surface area contributed by atoms with E-state index in [1.807, 2.05) is 15.6 Å². The molecule has 3 N–H and O–H groups in total. The zero-order chi connectivity index (χ0) is 22.7. The number of nitrogens with two attached hydrogens (primary N) is 1. The fraction of sp³-hybridized carbons (Fsp3) is 0.591. The molecule has 1 aliphatic carbocycles. The second-order valence-electron chi connectivity index (χ2n) is 9.60. The molecule has 2 amide bonds. The van der Waals surface area contributed by atoms with Crippen LogP contribution in [0.4, 0.5) is 19.4 Å². The lowest BCUT2D eigenvalue weighted by atomic mass is 9.69. The van der Waals surface area contributed by atoms with Gasteiger partial charge in [0.15, 0.2) is 11.6 Å². The Morgan fingerprint density at radius 3 is 2.62 bits per heavy atom. The van der Waals surface area contributed by atoms with Crippen LogP contribution in [0.15, 0.2) is 18.3 Å². The Kier molecular flexibility index (Phi) is 4.79. The number of hydrogen-bond donors (Lipinski definition) is 2. The number of anilines is 1. The molecule has 5 rings (SSSR count). The molecule has 0 aromatic carbocycles. The third-order valence-corrected chi connectivity index (χ3v) is 7.50. The molecule has 4 heterocycles. The van der Waals surface area contributed by atoms with Crippen molar-refractivity contribution in [1.29, 1.82) is 0 Å². The van der Waals surface area contributed by atoms with E-state index in [9.17, 15) is 13.6 Å². The number of carbonyl (C=O) groups excluding carboxylic acids is 1. The standard InChI is InChI=1S/C22H28F2N6O2/c1-13(2)22(4-3-5-22)27-20(31)29-11-21(12-29)6-7-30-17(21)9-15(28-30)14-8-16(32-19(23)24)18(25)26-10-14/h8-10,13,19H,3-7,11-12H2,1-2H3,(H2,25,26)(H,27,31). The highest BCUT2D eigenvalue weighted by atomic mass is 19.3. The van der Waals surface area contributed by atoms with E-state index in [4.69, 9.17) is 5.73 Å². The van der Waals surface area contributed by atoms with Crippen molar-refractivity contribution in [1.82, 2.24) is 25.0 Å². The highest BCUT2D eigenvalue weighted by Crippen LogP contribution is 2.45. The summed E-state index contributed by atoms with van der Waals surface area (Å²) in [4.78, 5) is 18.7. The van der Waals surface area contributed by atoms with Crippen molar-refractivity contribution < 1.29 is 18.3 Å². The molecule has 1 saturated heterocycles. The first-order valence-corrected chi connectivity index (χ1v) is 11.1. The molecule has 8 nitrogen and oxygen atoms in total. The summed E-state index contributed by atoms with van der Waals surface area (Å²) in [5, 5.41) is 7.93. The van der Waals surface area contributed by atoms with Gasteiger partial charge in [0.05, 0.1) is 5.69 Å². The first kappa shape index (κ1) is 21.0. The summed E-state index contributed by atoms with van der Waals surface area (Å²) in [6.45, 7) is 3.40. The van der Waals surface area contributed by atoms with Gasteiger partial charge in [0, 0.05) is 48.0 Å². The predicted octanol–water partition coefficient (Wildman–Crippen LogP) is 3.37. The first-order valence-electron chi connectivity index (χ1n) is 11.1. The number of nitrogen functional groups attached to an aromatic ring is 1. The van der Waals surface area contributed by atoms with Crippen LogP contribution in [-0.4, -0.2) is 50.9 Å². The Bertz CT molecular complexity index is 1040. The topological polar surface area (TPSA) is 98.3 Å². The summed E-state index contributed by atoms with van der Waals surface area (Å²) in [7, 11) is 0. The summed E-state index contributed by atoms with van der Waals surface area (Å²) in [5.74, 6) is 0.156. The molecule has 3 aliphatic rings. The zero-order valence-electron chi connectivity index (χ0n) is 18.3. The van der Waals surface area contributed by atoms with Crippen molar-refractivity contribution in [3.05, 3.63) is 24.0 Å². The van der Waals surface area contributed by atoms with E-state index in [1.165, 1.54) is 12.3 Å². The number of amides is 2. The maximum Gasteiger partial charge on any atom is 0.387 e. The van der Waals surface area contributed by atoms with Crippen LogP contribution in [0, 0.1) is 5.92 Å². The molecule has 172 valence electrons. The Labute approximate surface area is 185 Å². The van der Waals surface area contributed by atoms with Crippen LogP contribution in [-0.2, 0) is 12.0 Å². The van der Waals surface area contributed by atoms with Gasteiger partial charge >= 0.3 is 12.6 Å². The number of ether oxygens (including phenoxy) is 1. The highest BCUT2D eigenvalue weighted by molar-refractivity contribution is 5.77. The number of halogens is 2. The van der Waals surface area contributed by atoms with Gasteiger partial charge in [-0.05, 0) is 43.7 Å². The van der Waals surface area contributed by atoms with Gasteiger partial charge in [-0.15, -0.1) is 0 Å². The van der Waals surface area contributed by atoms with Gasteiger partial charge in [-0.25, -0.2) is 9.78 Å². The molecule has 2 fully saturated rings. The van der Waals surface area contributed by atoms with E-state index in [0.29, 0.717) is 30.3 Å². The van der Waals surface area contributed by atoms with Gasteiger partial charge in [0.25, 0.3) is 0 Å². The lowest BCUT2D eigenvalue weighted by Crippen LogP contribution is -2.67. The number of fused-ring (bicyclic) bond motifs is 2. The number of pyridine rings is 1. The molecule has 0 radical (unpaired) electrons. The summed E-state index contributed by atoms with van der Waals surface area (Å²) < 4.78 is 31.7. The molecular formula is C22H28F2N6O2. The lowest BCUT2D eigenvalue weighted by molar-refractivity contribution is -0.0494. The molecule has 32 heavy (non-hydrogen) atoms. The van der Waals surface area contributed by atoms with Crippen LogP contribution in [0.2, 0.25) is 0 Å². The van der Waals surface area contributed by atoms with Crippen LogP contribution in [0.25, 0.3) is 11.3 Å². The largest absolute Gasteiger partial charge is 0.431 e. The number of hydrogen-bond acceptors (Lipinski definition) is 5. The quantitative estimate of drug-likeness (QED) is 0.734. The molecule has 2 aliphatic heterocycles. The molecular weight excluding hydrogens is 418 g/mol. The number of likely N-dealkylation sites (tertiary alicyclic amines) is 1. The number of nitrogens with zero attached hydrogens (tertiary/aromatic N) is 4. The van der Waals surface area contributed by atoms with Crippen LogP contribution >= 0.6 is 0 Å². The van der Waals surface area contributed by atoms with Crippen molar-refractivity contribution >= 4 is 11.8 Å². The van der Waals surface area contributed by atoms with Gasteiger partial charge in [0.1, 0.15) is 0 Å². The Hall–Kier alpha value is -2.91. The van der Waals surface area contributed by atoms with Gasteiger partial charge in [-0.1, -0.05) is 13.8 Å². The number of rotatable bonds is 5. The maximum absolute atomic E-state index is 12.9. The van der Waals surface area contributed by atoms with Crippen molar-refractivity contribution in [2.75, 3.05) is 18.8 Å². The number of alkyl halides is 2. The average Bonchev–Trinajstić information content (AvgIpc) is 3.23.